The minimum atomic E-state index is -1.62. The van der Waals surface area contributed by atoms with Gasteiger partial charge in [0.1, 0.15) is 5.69 Å². The number of nitrogens with zero attached hydrogens (tertiary/aromatic N) is 2. The van der Waals surface area contributed by atoms with Crippen molar-refractivity contribution in [2.24, 2.45) is 0 Å². The van der Waals surface area contributed by atoms with Crippen LogP contribution in [0.3, 0.4) is 0 Å². The van der Waals surface area contributed by atoms with Gasteiger partial charge in [-0.1, -0.05) is 0 Å². The summed E-state index contributed by atoms with van der Waals surface area (Å²) in [5.74, 6) is -3.54. The van der Waals surface area contributed by atoms with Crippen molar-refractivity contribution in [3.05, 3.63) is 40.2 Å². The molecule has 2 heterocycles. The maximum atomic E-state index is 12.3. The Bertz CT molecular complexity index is 1150. The molecule has 1 aromatic heterocycles. The number of nitrogens with one attached hydrogen (secondary N) is 4. The van der Waals surface area contributed by atoms with E-state index in [0.717, 1.165) is 0 Å². The van der Waals surface area contributed by atoms with Gasteiger partial charge in [0, 0.05) is 30.3 Å². The summed E-state index contributed by atoms with van der Waals surface area (Å²) in [6.45, 7) is 0.519. The lowest BCUT2D eigenvalue weighted by atomic mass is 10.1. The van der Waals surface area contributed by atoms with Crippen LogP contribution < -0.4 is 42.4 Å². The summed E-state index contributed by atoms with van der Waals surface area (Å²) in [6.07, 6.45) is -0.357. The standard InChI is InChI=1S/C20H23N7O7/c21-20-25-16-15(18(32)26-20)23-11(7-22-16)8-27(9-28)12-3-1-10(2-4-12)17(31)24-13(19(33)34)5-6-14(29)30/h1-4,9,11,13,23H,5-8H2,(H,24,31)(H,29,30)(H,33,34)(H4,21,22,25,26,32)/p-2. The van der Waals surface area contributed by atoms with Gasteiger partial charge in [-0.05, 0) is 37.1 Å². The van der Waals surface area contributed by atoms with E-state index in [-0.39, 0.29) is 36.2 Å². The zero-order chi connectivity index (χ0) is 24.8. The molecule has 0 bridgehead atoms. The van der Waals surface area contributed by atoms with E-state index < -0.39 is 35.9 Å². The lowest BCUT2D eigenvalue weighted by molar-refractivity contribution is -0.309. The second-order valence-electron chi connectivity index (χ2n) is 7.46. The number of rotatable bonds is 10. The van der Waals surface area contributed by atoms with E-state index in [1.54, 1.807) is 0 Å². The van der Waals surface area contributed by atoms with Gasteiger partial charge in [-0.3, -0.25) is 19.4 Å². The average molecular weight is 471 g/mol. The molecule has 180 valence electrons. The molecule has 0 saturated carbocycles. The number of hydrogen-bond acceptors (Lipinski definition) is 11. The van der Waals surface area contributed by atoms with Crippen LogP contribution in [0.2, 0.25) is 0 Å². The molecule has 0 radical (unpaired) electrons. The maximum absolute atomic E-state index is 12.3. The van der Waals surface area contributed by atoms with Crippen molar-refractivity contribution in [1.29, 1.82) is 0 Å². The fourth-order valence-electron chi connectivity index (χ4n) is 3.34. The van der Waals surface area contributed by atoms with E-state index in [1.807, 2.05) is 0 Å². The number of aromatic nitrogens is 2. The third-order valence-corrected chi connectivity index (χ3v) is 5.03. The Morgan fingerprint density at radius 1 is 1.26 bits per heavy atom. The number of hydrogen-bond donors (Lipinski definition) is 5. The van der Waals surface area contributed by atoms with E-state index in [1.165, 1.54) is 29.2 Å². The van der Waals surface area contributed by atoms with Crippen LogP contribution in [-0.2, 0) is 14.4 Å². The Morgan fingerprint density at radius 2 is 1.97 bits per heavy atom. The number of aliphatic carboxylic acids is 2. The zero-order valence-electron chi connectivity index (χ0n) is 17.7. The van der Waals surface area contributed by atoms with Crippen molar-refractivity contribution in [3.8, 4) is 0 Å². The van der Waals surface area contributed by atoms with Gasteiger partial charge in [0.25, 0.3) is 11.5 Å². The Labute approximate surface area is 192 Å². The number of nitrogen functional groups attached to an aromatic ring is 1. The normalized spacial score (nSPS) is 15.1. The van der Waals surface area contributed by atoms with E-state index >= 15 is 0 Å². The SMILES string of the molecule is Nc1nc2c(c(=O)[nH]1)NC(CN(C=O)c1ccc(C(=O)NC(CCC(=O)[O-])C(=O)[O-])cc1)CN2. The van der Waals surface area contributed by atoms with Crippen LogP contribution in [0.15, 0.2) is 29.1 Å². The molecule has 1 aliphatic heterocycles. The highest BCUT2D eigenvalue weighted by Gasteiger charge is 2.24. The molecule has 2 amide bonds. The highest BCUT2D eigenvalue weighted by Crippen LogP contribution is 2.21. The van der Waals surface area contributed by atoms with E-state index in [4.69, 9.17) is 5.73 Å². The third-order valence-electron chi connectivity index (χ3n) is 5.03. The fourth-order valence-corrected chi connectivity index (χ4v) is 3.34. The molecule has 1 aromatic carbocycles. The molecule has 0 saturated heterocycles. The topological polar surface area (TPSA) is 225 Å². The van der Waals surface area contributed by atoms with Gasteiger partial charge in [0.15, 0.2) is 5.82 Å². The van der Waals surface area contributed by atoms with E-state index in [2.05, 4.69) is 25.9 Å². The number of anilines is 4. The number of fused-ring (bicyclic) bond motifs is 1. The quantitative estimate of drug-likeness (QED) is 0.215. The fraction of sp³-hybridized carbons (Fsp3) is 0.300. The lowest BCUT2D eigenvalue weighted by Crippen LogP contribution is -2.48. The molecular weight excluding hydrogens is 450 g/mol. The van der Waals surface area contributed by atoms with Gasteiger partial charge in [0.2, 0.25) is 12.4 Å². The van der Waals surface area contributed by atoms with Crippen LogP contribution in [-0.4, -0.2) is 59.4 Å². The smallest absolute Gasteiger partial charge is 0.277 e. The Hall–Kier alpha value is -4.62. The van der Waals surface area contributed by atoms with Crippen molar-refractivity contribution in [3.63, 3.8) is 0 Å². The second-order valence-corrected chi connectivity index (χ2v) is 7.46. The molecular formula is C20H21N7O7-2. The first kappa shape index (κ1) is 24.0. The van der Waals surface area contributed by atoms with E-state index in [0.29, 0.717) is 24.5 Å². The molecule has 14 nitrogen and oxygen atoms in total. The highest BCUT2D eigenvalue weighted by atomic mass is 16.4. The monoisotopic (exact) mass is 471 g/mol. The number of aromatic amines is 1. The number of carbonyl (C=O) groups excluding carboxylic acids is 4. The summed E-state index contributed by atoms with van der Waals surface area (Å²) in [7, 11) is 0. The predicted molar refractivity (Wildman–Crippen MR) is 116 cm³/mol. The summed E-state index contributed by atoms with van der Waals surface area (Å²) >= 11 is 0. The van der Waals surface area contributed by atoms with Crippen LogP contribution >= 0.6 is 0 Å². The molecule has 0 fully saturated rings. The first-order valence-corrected chi connectivity index (χ1v) is 10.1. The van der Waals surface area contributed by atoms with Crippen molar-refractivity contribution in [1.82, 2.24) is 15.3 Å². The molecule has 2 aromatic rings. The number of carboxylic acids is 2. The first-order valence-electron chi connectivity index (χ1n) is 10.1. The number of carboxylic acid groups (broad SMARTS) is 2. The van der Waals surface area contributed by atoms with Gasteiger partial charge in [0.05, 0.1) is 18.1 Å². The van der Waals surface area contributed by atoms with Gasteiger partial charge in [-0.2, -0.15) is 4.98 Å². The van der Waals surface area contributed by atoms with Crippen LogP contribution in [0.1, 0.15) is 23.2 Å². The van der Waals surface area contributed by atoms with Crippen LogP contribution in [0.4, 0.5) is 23.1 Å². The maximum Gasteiger partial charge on any atom is 0.277 e. The van der Waals surface area contributed by atoms with Crippen molar-refractivity contribution < 1.29 is 29.4 Å². The average Bonchev–Trinajstić information content (AvgIpc) is 2.80. The zero-order valence-corrected chi connectivity index (χ0v) is 17.7. The summed E-state index contributed by atoms with van der Waals surface area (Å²) < 4.78 is 0. The molecule has 0 spiro atoms. The van der Waals surface area contributed by atoms with Gasteiger partial charge >= 0.3 is 0 Å². The van der Waals surface area contributed by atoms with Crippen LogP contribution in [0.5, 0.6) is 0 Å². The van der Waals surface area contributed by atoms with Gasteiger partial charge in [-0.15, -0.1) is 0 Å². The second kappa shape index (κ2) is 10.3. The Balaban J connectivity index is 1.65. The predicted octanol–water partition coefficient (Wildman–Crippen LogP) is -3.40. The molecule has 3 rings (SSSR count). The summed E-state index contributed by atoms with van der Waals surface area (Å²) in [4.78, 5) is 65.5. The summed E-state index contributed by atoms with van der Waals surface area (Å²) in [5.41, 5.74) is 5.80. The molecule has 2 unspecified atom stereocenters. The van der Waals surface area contributed by atoms with E-state index in [9.17, 15) is 34.2 Å². The summed E-state index contributed by atoms with van der Waals surface area (Å²) in [6, 6.07) is 3.88. The highest BCUT2D eigenvalue weighted by molar-refractivity contribution is 5.97. The largest absolute Gasteiger partial charge is 0.550 e. The molecule has 34 heavy (non-hydrogen) atoms. The van der Waals surface area contributed by atoms with Gasteiger partial charge in [-0.25, -0.2) is 0 Å². The number of amides is 2. The minimum Gasteiger partial charge on any atom is -0.550 e. The number of H-pyrrole nitrogens is 1. The first-order chi connectivity index (χ1) is 16.2. The Kier molecular flexibility index (Phi) is 7.30. The van der Waals surface area contributed by atoms with Crippen molar-refractivity contribution in [2.75, 3.05) is 34.4 Å². The number of benzene rings is 1. The summed E-state index contributed by atoms with van der Waals surface area (Å²) in [5, 5.41) is 29.9. The Morgan fingerprint density at radius 3 is 2.59 bits per heavy atom. The lowest BCUT2D eigenvalue weighted by Gasteiger charge is -2.30. The van der Waals surface area contributed by atoms with Crippen LogP contribution in [0, 0.1) is 0 Å². The molecule has 14 heteroatoms. The number of carbonyl (C=O) groups is 4. The third kappa shape index (κ3) is 5.79. The number of nitrogens with two attached hydrogens (primary N) is 1. The van der Waals surface area contributed by atoms with Gasteiger partial charge < -0.3 is 46.4 Å². The molecule has 1 aliphatic rings. The molecule has 2 atom stereocenters. The van der Waals surface area contributed by atoms with Crippen molar-refractivity contribution in [2.45, 2.75) is 24.9 Å². The van der Waals surface area contributed by atoms with Crippen molar-refractivity contribution >= 4 is 47.4 Å². The minimum absolute atomic E-state index is 0.0278. The molecule has 0 aliphatic carbocycles. The van der Waals surface area contributed by atoms with Crippen LogP contribution in [0.25, 0.3) is 0 Å². The molecule has 6 N–H and O–H groups in total.